The lowest BCUT2D eigenvalue weighted by Gasteiger charge is -2.18. The van der Waals surface area contributed by atoms with Gasteiger partial charge in [-0.25, -0.2) is 0 Å². The Morgan fingerprint density at radius 3 is 1.20 bits per heavy atom. The van der Waals surface area contributed by atoms with E-state index in [1.807, 2.05) is 0 Å². The number of esters is 1. The second kappa shape index (κ2) is 38.1. The van der Waals surface area contributed by atoms with Crippen LogP contribution >= 0.6 is 0 Å². The largest absolute Gasteiger partial charge is 0.481 e. The molecule has 0 aromatic carbocycles. The number of allylic oxidation sites excluding steroid dienone is 2. The first-order valence-electron chi connectivity index (χ1n) is 20.7. The van der Waals surface area contributed by atoms with Gasteiger partial charge in [0.05, 0.1) is 0 Å². The zero-order chi connectivity index (χ0) is 33.6. The van der Waals surface area contributed by atoms with Gasteiger partial charge in [0.25, 0.3) is 0 Å². The Labute approximate surface area is 287 Å². The maximum Gasteiger partial charge on any atom is 0.306 e. The Balaban J connectivity index is 3.69. The number of hydrogen-bond acceptors (Lipinski definition) is 3. The van der Waals surface area contributed by atoms with Gasteiger partial charge in [-0.05, 0) is 64.2 Å². The second-order valence-electron chi connectivity index (χ2n) is 14.2. The highest BCUT2D eigenvalue weighted by Gasteiger charge is 2.14. The SMILES string of the molecule is CCCCCCCC/C=C\CCCCCCCCCCCCCC(=O)OC(CCCCCC)CCCCCCCCCCC(=O)O. The Kier molecular flexibility index (Phi) is 37.0. The summed E-state index contributed by atoms with van der Waals surface area (Å²) in [4.78, 5) is 23.2. The van der Waals surface area contributed by atoms with E-state index >= 15 is 0 Å². The molecule has 0 aromatic rings. The van der Waals surface area contributed by atoms with E-state index in [9.17, 15) is 9.59 Å². The molecule has 0 aliphatic rings. The highest BCUT2D eigenvalue weighted by molar-refractivity contribution is 5.69. The lowest BCUT2D eigenvalue weighted by atomic mass is 10.0. The molecule has 272 valence electrons. The average Bonchev–Trinajstić information content (AvgIpc) is 3.04. The third-order valence-electron chi connectivity index (χ3n) is 9.49. The molecule has 0 radical (unpaired) electrons. The van der Waals surface area contributed by atoms with E-state index in [1.54, 1.807) is 0 Å². The number of ether oxygens (including phenoxy) is 1. The lowest BCUT2D eigenvalue weighted by Crippen LogP contribution is -2.18. The summed E-state index contributed by atoms with van der Waals surface area (Å²) < 4.78 is 5.98. The van der Waals surface area contributed by atoms with Crippen LogP contribution in [0.25, 0.3) is 0 Å². The van der Waals surface area contributed by atoms with Crippen LogP contribution in [-0.4, -0.2) is 23.1 Å². The average molecular weight is 649 g/mol. The topological polar surface area (TPSA) is 63.6 Å². The van der Waals surface area contributed by atoms with Crippen molar-refractivity contribution in [2.24, 2.45) is 0 Å². The van der Waals surface area contributed by atoms with Gasteiger partial charge in [-0.15, -0.1) is 0 Å². The molecule has 0 fully saturated rings. The zero-order valence-corrected chi connectivity index (χ0v) is 31.2. The quantitative estimate of drug-likeness (QED) is 0.0411. The summed E-state index contributed by atoms with van der Waals surface area (Å²) >= 11 is 0. The van der Waals surface area contributed by atoms with Crippen LogP contribution in [0.1, 0.15) is 239 Å². The predicted octanol–water partition coefficient (Wildman–Crippen LogP) is 14.2. The zero-order valence-electron chi connectivity index (χ0n) is 31.2. The summed E-state index contributed by atoms with van der Waals surface area (Å²) in [7, 11) is 0. The minimum absolute atomic E-state index is 0.0233. The highest BCUT2D eigenvalue weighted by atomic mass is 16.5. The molecule has 0 amide bonds. The van der Waals surface area contributed by atoms with E-state index in [0.29, 0.717) is 12.8 Å². The van der Waals surface area contributed by atoms with E-state index in [1.165, 1.54) is 161 Å². The molecule has 0 spiro atoms. The van der Waals surface area contributed by atoms with Gasteiger partial charge >= 0.3 is 11.9 Å². The molecule has 1 N–H and O–H groups in total. The van der Waals surface area contributed by atoms with E-state index in [0.717, 1.165) is 51.4 Å². The monoisotopic (exact) mass is 649 g/mol. The molecule has 0 rings (SSSR count). The fourth-order valence-corrected chi connectivity index (χ4v) is 6.42. The smallest absolute Gasteiger partial charge is 0.306 e. The number of carboxylic acids is 1. The molecule has 0 aliphatic carbocycles. The Morgan fingerprint density at radius 2 is 0.783 bits per heavy atom. The molecule has 0 heterocycles. The molecule has 0 bridgehead atoms. The third kappa shape index (κ3) is 37.1. The standard InChI is InChI=1S/C42H80O4/c1-3-5-7-9-10-11-12-13-14-15-16-17-18-19-20-21-22-23-28-31-35-39-42(45)46-40(36-32-8-6-4-2)37-33-29-26-24-25-27-30-34-38-41(43)44/h13-14,40H,3-12,15-39H2,1-2H3,(H,43,44)/b14-13-. The summed E-state index contributed by atoms with van der Waals surface area (Å²) in [6.07, 6.45) is 46.9. The number of carbonyl (C=O) groups excluding carboxylic acids is 1. The van der Waals surface area contributed by atoms with Gasteiger partial charge in [0.15, 0.2) is 0 Å². The Hall–Kier alpha value is -1.32. The van der Waals surface area contributed by atoms with Gasteiger partial charge in [-0.1, -0.05) is 174 Å². The fourth-order valence-electron chi connectivity index (χ4n) is 6.42. The molecular formula is C42H80O4. The van der Waals surface area contributed by atoms with Crippen molar-refractivity contribution < 1.29 is 19.4 Å². The van der Waals surface area contributed by atoms with Gasteiger partial charge in [-0.2, -0.15) is 0 Å². The second-order valence-corrected chi connectivity index (χ2v) is 14.2. The number of aliphatic carboxylic acids is 1. The Morgan fingerprint density at radius 1 is 0.457 bits per heavy atom. The summed E-state index contributed by atoms with van der Waals surface area (Å²) in [5, 5.41) is 8.72. The summed E-state index contributed by atoms with van der Waals surface area (Å²) in [5.74, 6) is -0.658. The van der Waals surface area contributed by atoms with Gasteiger partial charge in [0.1, 0.15) is 6.10 Å². The molecule has 1 atom stereocenters. The van der Waals surface area contributed by atoms with Crippen molar-refractivity contribution in [1.82, 2.24) is 0 Å². The highest BCUT2D eigenvalue weighted by Crippen LogP contribution is 2.19. The van der Waals surface area contributed by atoms with Crippen molar-refractivity contribution in [3.63, 3.8) is 0 Å². The molecule has 0 aliphatic heterocycles. The molecular weight excluding hydrogens is 568 g/mol. The van der Waals surface area contributed by atoms with E-state index in [-0.39, 0.29) is 12.1 Å². The lowest BCUT2D eigenvalue weighted by molar-refractivity contribution is -0.150. The number of hydrogen-bond donors (Lipinski definition) is 1. The maximum atomic E-state index is 12.6. The first-order valence-corrected chi connectivity index (χ1v) is 20.7. The molecule has 46 heavy (non-hydrogen) atoms. The molecule has 0 saturated carbocycles. The summed E-state index contributed by atoms with van der Waals surface area (Å²) in [6.45, 7) is 4.52. The van der Waals surface area contributed by atoms with E-state index < -0.39 is 5.97 Å². The molecule has 4 nitrogen and oxygen atoms in total. The summed E-state index contributed by atoms with van der Waals surface area (Å²) in [5.41, 5.74) is 0. The fraction of sp³-hybridized carbons (Fsp3) is 0.905. The van der Waals surface area contributed by atoms with Gasteiger partial charge in [0.2, 0.25) is 0 Å². The van der Waals surface area contributed by atoms with Crippen molar-refractivity contribution in [2.45, 2.75) is 245 Å². The van der Waals surface area contributed by atoms with Crippen molar-refractivity contribution in [1.29, 1.82) is 0 Å². The minimum atomic E-state index is -0.681. The molecule has 1 unspecified atom stereocenters. The van der Waals surface area contributed by atoms with Crippen LogP contribution in [0.5, 0.6) is 0 Å². The van der Waals surface area contributed by atoms with Crippen molar-refractivity contribution in [2.75, 3.05) is 0 Å². The number of unbranched alkanes of at least 4 members (excludes halogenated alkanes) is 27. The Bertz CT molecular complexity index is 658. The first kappa shape index (κ1) is 44.7. The van der Waals surface area contributed by atoms with Crippen molar-refractivity contribution >= 4 is 11.9 Å². The minimum Gasteiger partial charge on any atom is -0.481 e. The van der Waals surface area contributed by atoms with Crippen LogP contribution < -0.4 is 0 Å². The first-order chi connectivity index (χ1) is 22.6. The van der Waals surface area contributed by atoms with Gasteiger partial charge in [-0.3, -0.25) is 9.59 Å². The predicted molar refractivity (Wildman–Crippen MR) is 200 cm³/mol. The molecule has 0 saturated heterocycles. The third-order valence-corrected chi connectivity index (χ3v) is 9.49. The molecule has 0 aromatic heterocycles. The van der Waals surface area contributed by atoms with Crippen LogP contribution in [0.4, 0.5) is 0 Å². The number of carbonyl (C=O) groups is 2. The van der Waals surface area contributed by atoms with Crippen LogP contribution in [0.3, 0.4) is 0 Å². The van der Waals surface area contributed by atoms with Crippen molar-refractivity contribution in [3.8, 4) is 0 Å². The van der Waals surface area contributed by atoms with E-state index in [2.05, 4.69) is 26.0 Å². The molecule has 4 heteroatoms. The number of carboxylic acid groups (broad SMARTS) is 1. The summed E-state index contributed by atoms with van der Waals surface area (Å²) in [6, 6.07) is 0. The van der Waals surface area contributed by atoms with E-state index in [4.69, 9.17) is 9.84 Å². The maximum absolute atomic E-state index is 12.6. The van der Waals surface area contributed by atoms with Gasteiger partial charge in [0, 0.05) is 12.8 Å². The van der Waals surface area contributed by atoms with Crippen LogP contribution in [0, 0.1) is 0 Å². The van der Waals surface area contributed by atoms with Crippen LogP contribution in [0.15, 0.2) is 12.2 Å². The number of rotatable bonds is 38. The normalized spacial score (nSPS) is 12.2. The van der Waals surface area contributed by atoms with Crippen LogP contribution in [0.2, 0.25) is 0 Å². The van der Waals surface area contributed by atoms with Gasteiger partial charge < -0.3 is 9.84 Å². The van der Waals surface area contributed by atoms with Crippen LogP contribution in [-0.2, 0) is 14.3 Å². The van der Waals surface area contributed by atoms with Crippen molar-refractivity contribution in [3.05, 3.63) is 12.2 Å².